The lowest BCUT2D eigenvalue weighted by atomic mass is 10.1. The van der Waals surface area contributed by atoms with Gasteiger partial charge in [-0.1, -0.05) is 32.6 Å². The summed E-state index contributed by atoms with van der Waals surface area (Å²) in [6.07, 6.45) is 5.95. The number of carboxylic acids is 1. The Bertz CT molecular complexity index is 474. The van der Waals surface area contributed by atoms with Crippen LogP contribution in [0.2, 0.25) is 0 Å². The third-order valence-corrected chi connectivity index (χ3v) is 3.68. The van der Waals surface area contributed by atoms with E-state index in [0.29, 0.717) is 16.6 Å². The second-order valence-electron chi connectivity index (χ2n) is 4.71. The number of benzene rings is 1. The fourth-order valence-electron chi connectivity index (χ4n) is 1.88. The van der Waals surface area contributed by atoms with Gasteiger partial charge in [-0.15, -0.1) is 0 Å². The van der Waals surface area contributed by atoms with Crippen molar-refractivity contribution in [3.8, 4) is 0 Å². The minimum atomic E-state index is -1.02. The fourth-order valence-corrected chi connectivity index (χ4v) is 2.30. The summed E-state index contributed by atoms with van der Waals surface area (Å²) in [5.74, 6) is -1.09. The molecule has 0 aliphatic rings. The Kier molecular flexibility index (Phi) is 7.30. The van der Waals surface area contributed by atoms with Gasteiger partial charge in [-0.25, -0.2) is 4.79 Å². The summed E-state index contributed by atoms with van der Waals surface area (Å²) < 4.78 is 0.502. The molecule has 20 heavy (non-hydrogen) atoms. The molecule has 1 rings (SSSR count). The molecule has 0 unspecified atom stereocenters. The van der Waals surface area contributed by atoms with Crippen molar-refractivity contribution in [3.05, 3.63) is 28.2 Å². The third kappa shape index (κ3) is 5.74. The molecule has 0 bridgehead atoms. The van der Waals surface area contributed by atoms with Crippen molar-refractivity contribution >= 4 is 33.5 Å². The van der Waals surface area contributed by atoms with Gasteiger partial charge in [-0.3, -0.25) is 4.79 Å². The van der Waals surface area contributed by atoms with Crippen LogP contribution in [0.5, 0.6) is 0 Å². The smallest absolute Gasteiger partial charge is 0.336 e. The average molecular weight is 342 g/mol. The lowest BCUT2D eigenvalue weighted by Gasteiger charge is -2.07. The molecule has 110 valence electrons. The molecule has 0 fully saturated rings. The number of rotatable bonds is 8. The monoisotopic (exact) mass is 341 g/mol. The normalized spacial score (nSPS) is 10.3. The van der Waals surface area contributed by atoms with Crippen LogP contribution in [0.15, 0.2) is 22.7 Å². The van der Waals surface area contributed by atoms with E-state index in [0.717, 1.165) is 19.3 Å². The minimum absolute atomic E-state index is 0.0693. The van der Waals surface area contributed by atoms with Gasteiger partial charge in [0.2, 0.25) is 5.91 Å². The Labute approximate surface area is 127 Å². The van der Waals surface area contributed by atoms with E-state index in [9.17, 15) is 9.59 Å². The van der Waals surface area contributed by atoms with Crippen molar-refractivity contribution in [2.75, 3.05) is 5.32 Å². The third-order valence-electron chi connectivity index (χ3n) is 2.99. The molecule has 0 aromatic heterocycles. The second kappa shape index (κ2) is 8.74. The largest absolute Gasteiger partial charge is 0.478 e. The van der Waals surface area contributed by atoms with Gasteiger partial charge in [-0.2, -0.15) is 0 Å². The predicted molar refractivity (Wildman–Crippen MR) is 83.1 cm³/mol. The minimum Gasteiger partial charge on any atom is -0.478 e. The average Bonchev–Trinajstić information content (AvgIpc) is 2.40. The van der Waals surface area contributed by atoms with Gasteiger partial charge in [0.25, 0.3) is 0 Å². The van der Waals surface area contributed by atoms with Crippen molar-refractivity contribution in [1.82, 2.24) is 0 Å². The van der Waals surface area contributed by atoms with E-state index in [4.69, 9.17) is 5.11 Å². The first-order valence-electron chi connectivity index (χ1n) is 6.87. The number of hydrogen-bond acceptors (Lipinski definition) is 2. The predicted octanol–water partition coefficient (Wildman–Crippen LogP) is 4.45. The number of hydrogen-bond donors (Lipinski definition) is 2. The highest BCUT2D eigenvalue weighted by atomic mass is 79.9. The first-order valence-corrected chi connectivity index (χ1v) is 7.66. The molecule has 0 aliphatic carbocycles. The van der Waals surface area contributed by atoms with Gasteiger partial charge >= 0.3 is 5.97 Å². The Hall–Kier alpha value is -1.36. The van der Waals surface area contributed by atoms with Crippen molar-refractivity contribution in [3.63, 3.8) is 0 Å². The Morgan fingerprint density at radius 2 is 1.90 bits per heavy atom. The zero-order valence-corrected chi connectivity index (χ0v) is 13.2. The Morgan fingerprint density at radius 3 is 2.55 bits per heavy atom. The van der Waals surface area contributed by atoms with Gasteiger partial charge in [-0.05, 0) is 40.5 Å². The van der Waals surface area contributed by atoms with Crippen molar-refractivity contribution in [2.24, 2.45) is 0 Å². The van der Waals surface area contributed by atoms with Gasteiger partial charge in [0, 0.05) is 16.6 Å². The fraction of sp³-hybridized carbons (Fsp3) is 0.467. The second-order valence-corrected chi connectivity index (χ2v) is 5.57. The maximum Gasteiger partial charge on any atom is 0.336 e. The van der Waals surface area contributed by atoms with Crippen LogP contribution in [0, 0.1) is 0 Å². The lowest BCUT2D eigenvalue weighted by Crippen LogP contribution is -2.11. The molecule has 1 amide bonds. The summed E-state index contributed by atoms with van der Waals surface area (Å²) in [4.78, 5) is 22.7. The first kappa shape index (κ1) is 16.7. The van der Waals surface area contributed by atoms with Gasteiger partial charge < -0.3 is 10.4 Å². The maximum absolute atomic E-state index is 11.7. The van der Waals surface area contributed by atoms with E-state index >= 15 is 0 Å². The van der Waals surface area contributed by atoms with E-state index in [2.05, 4.69) is 28.2 Å². The summed E-state index contributed by atoms with van der Waals surface area (Å²) in [6.45, 7) is 2.15. The number of carboxylic acid groups (broad SMARTS) is 1. The molecule has 0 saturated carbocycles. The molecule has 0 spiro atoms. The highest BCUT2D eigenvalue weighted by Gasteiger charge is 2.10. The first-order chi connectivity index (χ1) is 9.54. The molecule has 0 aliphatic heterocycles. The maximum atomic E-state index is 11.7. The number of carbonyl (C=O) groups excluding carboxylic acids is 1. The topological polar surface area (TPSA) is 66.4 Å². The van der Waals surface area contributed by atoms with E-state index in [1.807, 2.05) is 0 Å². The van der Waals surface area contributed by atoms with Crippen LogP contribution in [0.3, 0.4) is 0 Å². The van der Waals surface area contributed by atoms with Crippen LogP contribution in [-0.2, 0) is 4.79 Å². The van der Waals surface area contributed by atoms with Gasteiger partial charge in [0.1, 0.15) is 0 Å². The molecule has 4 nitrogen and oxygen atoms in total. The standard InChI is InChI=1S/C15H20BrNO3/c1-2-3-4-5-6-7-14(18)17-11-8-9-13(16)12(10-11)15(19)20/h8-10H,2-7H2,1H3,(H,17,18)(H,19,20). The highest BCUT2D eigenvalue weighted by Crippen LogP contribution is 2.21. The number of halogens is 1. The molecular formula is C15H20BrNO3. The van der Waals surface area contributed by atoms with Crippen LogP contribution in [0.1, 0.15) is 55.8 Å². The summed E-state index contributed by atoms with van der Waals surface area (Å²) in [5.41, 5.74) is 0.662. The number of amides is 1. The number of unbranched alkanes of at least 4 members (excludes halogenated alkanes) is 4. The van der Waals surface area contributed by atoms with Crippen LogP contribution in [-0.4, -0.2) is 17.0 Å². The van der Waals surface area contributed by atoms with Crippen LogP contribution in [0.4, 0.5) is 5.69 Å². The number of aromatic carboxylic acids is 1. The van der Waals surface area contributed by atoms with Crippen LogP contribution >= 0.6 is 15.9 Å². The number of carbonyl (C=O) groups is 2. The Balaban J connectivity index is 2.46. The molecular weight excluding hydrogens is 322 g/mol. The van der Waals surface area contributed by atoms with E-state index in [-0.39, 0.29) is 11.5 Å². The van der Waals surface area contributed by atoms with E-state index in [1.165, 1.54) is 18.9 Å². The molecule has 0 atom stereocenters. The van der Waals surface area contributed by atoms with Gasteiger partial charge in [0.05, 0.1) is 5.56 Å². The summed E-state index contributed by atoms with van der Waals surface area (Å²) in [5, 5.41) is 11.7. The quantitative estimate of drug-likeness (QED) is 0.686. The number of anilines is 1. The van der Waals surface area contributed by atoms with E-state index in [1.54, 1.807) is 12.1 Å². The summed E-state index contributed by atoms with van der Waals surface area (Å²) in [6, 6.07) is 4.77. The Morgan fingerprint density at radius 1 is 1.20 bits per heavy atom. The molecule has 2 N–H and O–H groups in total. The molecule has 0 heterocycles. The van der Waals surface area contributed by atoms with Crippen LogP contribution in [0.25, 0.3) is 0 Å². The van der Waals surface area contributed by atoms with Crippen LogP contribution < -0.4 is 5.32 Å². The number of nitrogens with one attached hydrogen (secondary N) is 1. The van der Waals surface area contributed by atoms with Crippen molar-refractivity contribution in [1.29, 1.82) is 0 Å². The zero-order chi connectivity index (χ0) is 15.0. The van der Waals surface area contributed by atoms with E-state index < -0.39 is 5.97 Å². The molecule has 1 aromatic rings. The SMILES string of the molecule is CCCCCCCC(=O)Nc1ccc(Br)c(C(=O)O)c1. The zero-order valence-electron chi connectivity index (χ0n) is 11.6. The summed E-state index contributed by atoms with van der Waals surface area (Å²) >= 11 is 3.17. The molecule has 1 aromatic carbocycles. The summed E-state index contributed by atoms with van der Waals surface area (Å²) in [7, 11) is 0. The van der Waals surface area contributed by atoms with Crippen molar-refractivity contribution in [2.45, 2.75) is 45.4 Å². The lowest BCUT2D eigenvalue weighted by molar-refractivity contribution is -0.116. The van der Waals surface area contributed by atoms with Crippen molar-refractivity contribution < 1.29 is 14.7 Å². The van der Waals surface area contributed by atoms with Gasteiger partial charge in [0.15, 0.2) is 0 Å². The highest BCUT2D eigenvalue weighted by molar-refractivity contribution is 9.10. The molecule has 0 saturated heterocycles. The molecule has 0 radical (unpaired) electrons. The molecule has 5 heteroatoms.